The zero-order chi connectivity index (χ0) is 18.3. The van der Waals surface area contributed by atoms with E-state index in [-0.39, 0.29) is 5.56 Å². The lowest BCUT2D eigenvalue weighted by atomic mass is 9.79. The summed E-state index contributed by atoms with van der Waals surface area (Å²) in [6.45, 7) is 0. The molecular weight excluding hydrogens is 396 g/mol. The van der Waals surface area contributed by atoms with Crippen molar-refractivity contribution < 1.29 is 4.79 Å². The van der Waals surface area contributed by atoms with E-state index in [0.717, 1.165) is 10.0 Å². The summed E-state index contributed by atoms with van der Waals surface area (Å²) < 4.78 is 2.20. The summed E-state index contributed by atoms with van der Waals surface area (Å²) in [4.78, 5) is 25.5. The van der Waals surface area contributed by atoms with Crippen LogP contribution in [0, 0.1) is 17.2 Å². The number of hydrogen-bond acceptors (Lipinski definition) is 3. The lowest BCUT2D eigenvalue weighted by Crippen LogP contribution is -2.35. The highest BCUT2D eigenvalue weighted by molar-refractivity contribution is 9.10. The van der Waals surface area contributed by atoms with Gasteiger partial charge in [-0.15, -0.1) is 0 Å². The van der Waals surface area contributed by atoms with Gasteiger partial charge in [-0.05, 0) is 29.8 Å². The van der Waals surface area contributed by atoms with Gasteiger partial charge < -0.3 is 5.32 Å². The molecule has 3 aromatic rings. The molecule has 0 saturated heterocycles. The maximum absolute atomic E-state index is 13.1. The maximum Gasteiger partial charge on any atom is 0.277 e. The number of nitrogens with one attached hydrogen (secondary N) is 2. The van der Waals surface area contributed by atoms with Gasteiger partial charge in [-0.1, -0.05) is 46.3 Å². The Morgan fingerprint density at radius 3 is 2.54 bits per heavy atom. The summed E-state index contributed by atoms with van der Waals surface area (Å²) in [6, 6.07) is 18.5. The Morgan fingerprint density at radius 1 is 1.08 bits per heavy atom. The molecule has 0 radical (unpaired) electrons. The molecule has 2 atom stereocenters. The highest BCUT2D eigenvalue weighted by atomic mass is 79.9. The second kappa shape index (κ2) is 6.32. The summed E-state index contributed by atoms with van der Waals surface area (Å²) in [6.07, 6.45) is 0. The Labute approximate surface area is 157 Å². The molecule has 6 nitrogen and oxygen atoms in total. The van der Waals surface area contributed by atoms with Crippen LogP contribution in [-0.4, -0.2) is 15.7 Å². The Hall–Kier alpha value is -3.11. The van der Waals surface area contributed by atoms with Gasteiger partial charge in [0.15, 0.2) is 0 Å². The molecule has 1 amide bonds. The minimum absolute atomic E-state index is 0.281. The van der Waals surface area contributed by atoms with Gasteiger partial charge in [0, 0.05) is 10.4 Å². The highest BCUT2D eigenvalue weighted by Gasteiger charge is 2.41. The zero-order valence-corrected chi connectivity index (χ0v) is 15.0. The highest BCUT2D eigenvalue weighted by Crippen LogP contribution is 2.38. The number of fused-ring (bicyclic) bond motifs is 1. The van der Waals surface area contributed by atoms with Crippen molar-refractivity contribution in [3.05, 3.63) is 80.6 Å². The molecule has 0 unspecified atom stereocenters. The van der Waals surface area contributed by atoms with Crippen molar-refractivity contribution in [2.45, 2.75) is 5.92 Å². The molecule has 2 aromatic carbocycles. The Kier molecular flexibility index (Phi) is 3.98. The topological polar surface area (TPSA) is 90.7 Å². The van der Waals surface area contributed by atoms with Crippen LogP contribution in [0.4, 0.5) is 5.82 Å². The van der Waals surface area contributed by atoms with Crippen LogP contribution in [-0.2, 0) is 4.79 Å². The average molecular weight is 409 g/mol. The van der Waals surface area contributed by atoms with E-state index in [1.54, 1.807) is 12.1 Å². The Balaban J connectivity index is 1.96. The number of halogens is 1. The summed E-state index contributed by atoms with van der Waals surface area (Å²) in [5.41, 5.74) is 1.50. The third kappa shape index (κ3) is 2.55. The number of para-hydroxylation sites is 1. The summed E-state index contributed by atoms with van der Waals surface area (Å²) in [7, 11) is 0. The van der Waals surface area contributed by atoms with Crippen LogP contribution in [0.15, 0.2) is 63.9 Å². The number of carbonyl (C=O) groups is 1. The minimum atomic E-state index is -0.982. The molecule has 2 N–H and O–H groups in total. The molecule has 1 aliphatic rings. The van der Waals surface area contributed by atoms with Gasteiger partial charge in [-0.25, -0.2) is 4.68 Å². The quantitative estimate of drug-likeness (QED) is 0.682. The number of amides is 1. The number of rotatable bonds is 2. The predicted molar refractivity (Wildman–Crippen MR) is 100 cm³/mol. The lowest BCUT2D eigenvalue weighted by Gasteiger charge is -2.26. The molecule has 0 saturated carbocycles. The minimum Gasteiger partial charge on any atom is -0.310 e. The van der Waals surface area contributed by atoms with Crippen molar-refractivity contribution in [1.82, 2.24) is 9.78 Å². The van der Waals surface area contributed by atoms with E-state index in [1.807, 2.05) is 48.5 Å². The number of aromatic amines is 1. The number of benzene rings is 2. The van der Waals surface area contributed by atoms with Crippen LogP contribution in [0.5, 0.6) is 0 Å². The van der Waals surface area contributed by atoms with Gasteiger partial charge >= 0.3 is 0 Å². The molecule has 0 spiro atoms. The van der Waals surface area contributed by atoms with Crippen LogP contribution >= 0.6 is 15.9 Å². The maximum atomic E-state index is 13.1. The monoisotopic (exact) mass is 408 g/mol. The molecule has 0 aliphatic carbocycles. The lowest BCUT2D eigenvalue weighted by molar-refractivity contribution is -0.119. The standard InChI is InChI=1S/C19H13BrN4O2/c20-12-6-4-5-11(9-12)15-14(10-21)18(25)22-17-16(15)19(26)24(23-17)13-7-2-1-3-8-13/h1-9,14-15,23H,(H,22,25)/t14-,15-/m1/s1. The van der Waals surface area contributed by atoms with Crippen molar-refractivity contribution in [1.29, 1.82) is 5.26 Å². The van der Waals surface area contributed by atoms with Gasteiger partial charge in [0.05, 0.1) is 17.3 Å². The molecule has 26 heavy (non-hydrogen) atoms. The molecular formula is C19H13BrN4O2. The van der Waals surface area contributed by atoms with Crippen molar-refractivity contribution in [3.63, 3.8) is 0 Å². The normalized spacial score (nSPS) is 18.7. The first-order chi connectivity index (χ1) is 12.6. The van der Waals surface area contributed by atoms with Crippen LogP contribution in [0.2, 0.25) is 0 Å². The fourth-order valence-electron chi connectivity index (χ4n) is 3.30. The average Bonchev–Trinajstić information content (AvgIpc) is 2.97. The largest absolute Gasteiger partial charge is 0.310 e. The van der Waals surface area contributed by atoms with Gasteiger partial charge in [-0.3, -0.25) is 14.7 Å². The fraction of sp³-hybridized carbons (Fsp3) is 0.105. The van der Waals surface area contributed by atoms with Gasteiger partial charge in [0.1, 0.15) is 11.7 Å². The second-order valence-electron chi connectivity index (χ2n) is 6.01. The third-order valence-corrected chi connectivity index (χ3v) is 4.96. The molecule has 2 heterocycles. The third-order valence-electron chi connectivity index (χ3n) is 4.46. The van der Waals surface area contributed by atoms with E-state index in [1.165, 1.54) is 4.68 Å². The van der Waals surface area contributed by atoms with Crippen LogP contribution in [0.1, 0.15) is 17.0 Å². The van der Waals surface area contributed by atoms with Gasteiger partial charge in [0.25, 0.3) is 5.56 Å². The molecule has 1 aliphatic heterocycles. The molecule has 0 bridgehead atoms. The first kappa shape index (κ1) is 16.4. The van der Waals surface area contributed by atoms with Crippen LogP contribution in [0.3, 0.4) is 0 Å². The van der Waals surface area contributed by atoms with E-state index in [4.69, 9.17) is 0 Å². The Bertz CT molecular complexity index is 1090. The second-order valence-corrected chi connectivity index (χ2v) is 6.92. The van der Waals surface area contributed by atoms with E-state index in [0.29, 0.717) is 17.1 Å². The van der Waals surface area contributed by atoms with Crippen molar-refractivity contribution >= 4 is 27.7 Å². The summed E-state index contributed by atoms with van der Waals surface area (Å²) >= 11 is 3.41. The first-order valence-electron chi connectivity index (χ1n) is 7.96. The SMILES string of the molecule is N#C[C@H]1C(=O)Nc2[nH]n(-c3ccccc3)c(=O)c2[C@@H]1c1cccc(Br)c1. The fourth-order valence-corrected chi connectivity index (χ4v) is 3.72. The van der Waals surface area contributed by atoms with Crippen molar-refractivity contribution in [2.24, 2.45) is 5.92 Å². The summed E-state index contributed by atoms with van der Waals surface area (Å²) in [5, 5.41) is 15.2. The molecule has 128 valence electrons. The van der Waals surface area contributed by atoms with Crippen LogP contribution < -0.4 is 10.9 Å². The molecule has 1 aromatic heterocycles. The Morgan fingerprint density at radius 2 is 1.85 bits per heavy atom. The molecule has 4 rings (SSSR count). The number of nitriles is 1. The number of H-pyrrole nitrogens is 1. The first-order valence-corrected chi connectivity index (χ1v) is 8.75. The van der Waals surface area contributed by atoms with Crippen molar-refractivity contribution in [2.75, 3.05) is 5.32 Å². The number of anilines is 1. The number of aromatic nitrogens is 2. The molecule has 7 heteroatoms. The van der Waals surface area contributed by atoms with Gasteiger partial charge in [-0.2, -0.15) is 5.26 Å². The zero-order valence-electron chi connectivity index (χ0n) is 13.4. The van der Waals surface area contributed by atoms with Crippen LogP contribution in [0.25, 0.3) is 5.69 Å². The number of nitrogens with zero attached hydrogens (tertiary/aromatic N) is 2. The van der Waals surface area contributed by atoms with Crippen molar-refractivity contribution in [3.8, 4) is 11.8 Å². The molecule has 0 fully saturated rings. The number of carbonyl (C=O) groups excluding carboxylic acids is 1. The van der Waals surface area contributed by atoms with E-state index < -0.39 is 17.7 Å². The van der Waals surface area contributed by atoms with Gasteiger partial charge in [0.2, 0.25) is 5.91 Å². The van der Waals surface area contributed by atoms with E-state index in [2.05, 4.69) is 26.3 Å². The summed E-state index contributed by atoms with van der Waals surface area (Å²) in [5.74, 6) is -1.72. The predicted octanol–water partition coefficient (Wildman–Crippen LogP) is 3.15. The van der Waals surface area contributed by atoms with E-state index in [9.17, 15) is 14.9 Å². The number of hydrogen-bond donors (Lipinski definition) is 2. The van der Waals surface area contributed by atoms with E-state index >= 15 is 0 Å². The smallest absolute Gasteiger partial charge is 0.277 e.